The lowest BCUT2D eigenvalue weighted by Gasteiger charge is -2.13. The smallest absolute Gasteiger partial charge is 0.294 e. The molecule has 1 fully saturated rings. The molecule has 1 saturated heterocycles. The Labute approximate surface area is 194 Å². The minimum absolute atomic E-state index is 0.120. The number of fused-ring (bicyclic) bond motifs is 1. The van der Waals surface area contributed by atoms with Crippen molar-refractivity contribution in [3.05, 3.63) is 46.9 Å². The Bertz CT molecular complexity index is 1130. The molecule has 0 atom stereocenters. The van der Waals surface area contributed by atoms with E-state index >= 15 is 0 Å². The predicted octanol–water partition coefficient (Wildman–Crippen LogP) is 3.89. The minimum atomic E-state index is -0.540. The van der Waals surface area contributed by atoms with Crippen molar-refractivity contribution in [2.24, 2.45) is 0 Å². The molecule has 2 aliphatic rings. The second-order valence-corrected chi connectivity index (χ2v) is 7.94. The van der Waals surface area contributed by atoms with Gasteiger partial charge in [0.1, 0.15) is 18.0 Å². The molecule has 2 aromatic carbocycles. The van der Waals surface area contributed by atoms with Gasteiger partial charge in [0.05, 0.1) is 18.1 Å². The Morgan fingerprint density at radius 3 is 2.67 bits per heavy atom. The molecule has 0 bridgehead atoms. The molecule has 4 rings (SSSR count). The van der Waals surface area contributed by atoms with Crippen LogP contribution in [0.1, 0.15) is 19.4 Å². The van der Waals surface area contributed by atoms with Crippen molar-refractivity contribution in [1.29, 1.82) is 0 Å². The topological polar surface area (TPSA) is 103 Å². The molecule has 0 aliphatic carbocycles. The lowest BCUT2D eigenvalue weighted by atomic mass is 10.1. The van der Waals surface area contributed by atoms with Gasteiger partial charge in [0.25, 0.3) is 11.1 Å². The van der Waals surface area contributed by atoms with E-state index in [0.717, 1.165) is 16.7 Å². The molecule has 2 heterocycles. The van der Waals surface area contributed by atoms with Crippen LogP contribution in [0, 0.1) is 0 Å². The first-order valence-corrected chi connectivity index (χ1v) is 11.1. The molecule has 33 heavy (non-hydrogen) atoms. The maximum absolute atomic E-state index is 12.8. The molecule has 0 aromatic heterocycles. The summed E-state index contributed by atoms with van der Waals surface area (Å²) >= 11 is 0.778. The Hall–Kier alpha value is -3.66. The summed E-state index contributed by atoms with van der Waals surface area (Å²) < 4.78 is 21.7. The summed E-state index contributed by atoms with van der Waals surface area (Å²) in [7, 11) is 0. The highest BCUT2D eigenvalue weighted by molar-refractivity contribution is 8.18. The van der Waals surface area contributed by atoms with Crippen LogP contribution in [-0.4, -0.2) is 48.5 Å². The van der Waals surface area contributed by atoms with Crippen LogP contribution >= 0.6 is 11.8 Å². The van der Waals surface area contributed by atoms with Crippen molar-refractivity contribution >= 4 is 40.6 Å². The number of ether oxygens (including phenoxy) is 4. The number of carbonyl (C=O) groups excluding carboxylic acids is 3. The SMILES string of the molecule is CCOc1ccc(/C=C2/SC(=O)N(CC(=O)Nc3ccc4c(c3)OCO4)C2=O)c(OCC)c1. The first-order valence-electron chi connectivity index (χ1n) is 10.3. The Balaban J connectivity index is 1.46. The molecule has 172 valence electrons. The number of carbonyl (C=O) groups is 3. The monoisotopic (exact) mass is 470 g/mol. The summed E-state index contributed by atoms with van der Waals surface area (Å²) in [6.07, 6.45) is 1.58. The first-order chi connectivity index (χ1) is 16.0. The van der Waals surface area contributed by atoms with Crippen molar-refractivity contribution in [2.45, 2.75) is 13.8 Å². The average molecular weight is 471 g/mol. The summed E-state index contributed by atoms with van der Waals surface area (Å²) in [5.41, 5.74) is 1.11. The number of thioether (sulfide) groups is 1. The molecular formula is C23H22N2O7S. The van der Waals surface area contributed by atoms with Crippen LogP contribution < -0.4 is 24.3 Å². The van der Waals surface area contributed by atoms with Crippen LogP contribution in [0.25, 0.3) is 6.08 Å². The van der Waals surface area contributed by atoms with Gasteiger partial charge in [-0.25, -0.2) is 0 Å². The Morgan fingerprint density at radius 1 is 1.09 bits per heavy atom. The number of benzene rings is 2. The maximum atomic E-state index is 12.8. The van der Waals surface area contributed by atoms with E-state index in [4.69, 9.17) is 18.9 Å². The molecule has 2 aliphatic heterocycles. The van der Waals surface area contributed by atoms with Crippen LogP contribution in [0.4, 0.5) is 10.5 Å². The van der Waals surface area contributed by atoms with Gasteiger partial charge in [-0.3, -0.25) is 19.3 Å². The fourth-order valence-electron chi connectivity index (χ4n) is 3.27. The second-order valence-electron chi connectivity index (χ2n) is 6.95. The van der Waals surface area contributed by atoms with Gasteiger partial charge in [-0.1, -0.05) is 0 Å². The van der Waals surface area contributed by atoms with Gasteiger partial charge in [0, 0.05) is 23.4 Å². The van der Waals surface area contributed by atoms with E-state index in [1.807, 2.05) is 13.8 Å². The highest BCUT2D eigenvalue weighted by Gasteiger charge is 2.36. The van der Waals surface area contributed by atoms with E-state index in [-0.39, 0.29) is 11.7 Å². The number of nitrogens with zero attached hydrogens (tertiary/aromatic N) is 1. The van der Waals surface area contributed by atoms with Crippen molar-refractivity contribution in [3.8, 4) is 23.0 Å². The summed E-state index contributed by atoms with van der Waals surface area (Å²) in [5.74, 6) is 1.24. The Morgan fingerprint density at radius 2 is 1.88 bits per heavy atom. The molecule has 0 radical (unpaired) electrons. The number of amides is 3. The largest absolute Gasteiger partial charge is 0.494 e. The number of imide groups is 1. The molecule has 10 heteroatoms. The molecule has 0 saturated carbocycles. The van der Waals surface area contributed by atoms with Gasteiger partial charge >= 0.3 is 0 Å². The number of rotatable bonds is 8. The third kappa shape index (κ3) is 5.06. The zero-order valence-electron chi connectivity index (χ0n) is 18.1. The number of hydrogen-bond acceptors (Lipinski definition) is 8. The standard InChI is InChI=1S/C23H22N2O7S/c1-3-29-16-7-5-14(18(11-16)30-4-2)9-20-22(27)25(23(28)33-20)12-21(26)24-15-6-8-17-19(10-15)32-13-31-17/h5-11H,3-4,12-13H2,1-2H3,(H,24,26)/b20-9+. The first kappa shape index (κ1) is 22.5. The van der Waals surface area contributed by atoms with Gasteiger partial charge < -0.3 is 24.3 Å². The van der Waals surface area contributed by atoms with E-state index in [2.05, 4.69) is 5.32 Å². The molecule has 0 spiro atoms. The summed E-state index contributed by atoms with van der Waals surface area (Å²) in [6, 6.07) is 10.2. The average Bonchev–Trinajstić information content (AvgIpc) is 3.35. The fraction of sp³-hybridized carbons (Fsp3) is 0.261. The highest BCUT2D eigenvalue weighted by atomic mass is 32.2. The van der Waals surface area contributed by atoms with Gasteiger partial charge in [-0.05, 0) is 56.0 Å². The molecule has 9 nitrogen and oxygen atoms in total. The van der Waals surface area contributed by atoms with Crippen LogP contribution in [0.3, 0.4) is 0 Å². The van der Waals surface area contributed by atoms with Crippen LogP contribution in [-0.2, 0) is 9.59 Å². The van der Waals surface area contributed by atoms with Gasteiger partial charge in [-0.15, -0.1) is 0 Å². The van der Waals surface area contributed by atoms with Crippen molar-refractivity contribution in [3.63, 3.8) is 0 Å². The summed E-state index contributed by atoms with van der Waals surface area (Å²) in [6.45, 7) is 4.39. The van der Waals surface area contributed by atoms with Crippen molar-refractivity contribution in [1.82, 2.24) is 4.90 Å². The van der Waals surface area contributed by atoms with Crippen molar-refractivity contribution < 1.29 is 33.3 Å². The van der Waals surface area contributed by atoms with Gasteiger partial charge in [0.15, 0.2) is 11.5 Å². The number of nitrogens with one attached hydrogen (secondary N) is 1. The third-order valence-corrected chi connectivity index (χ3v) is 5.62. The van der Waals surface area contributed by atoms with Crippen LogP contribution in [0.2, 0.25) is 0 Å². The molecule has 2 aromatic rings. The van der Waals surface area contributed by atoms with E-state index in [0.29, 0.717) is 47.5 Å². The molecule has 0 unspecified atom stereocenters. The highest BCUT2D eigenvalue weighted by Crippen LogP contribution is 2.36. The van der Waals surface area contributed by atoms with Crippen LogP contribution in [0.5, 0.6) is 23.0 Å². The number of hydrogen-bond donors (Lipinski definition) is 1. The van der Waals surface area contributed by atoms with E-state index in [1.165, 1.54) is 0 Å². The molecule has 3 amide bonds. The summed E-state index contributed by atoms with van der Waals surface area (Å²) in [4.78, 5) is 38.9. The van der Waals surface area contributed by atoms with Gasteiger partial charge in [0.2, 0.25) is 12.7 Å². The second kappa shape index (κ2) is 9.86. The van der Waals surface area contributed by atoms with E-state index in [9.17, 15) is 14.4 Å². The van der Waals surface area contributed by atoms with E-state index < -0.39 is 23.6 Å². The summed E-state index contributed by atoms with van der Waals surface area (Å²) in [5, 5.41) is 2.15. The predicted molar refractivity (Wildman–Crippen MR) is 123 cm³/mol. The third-order valence-electron chi connectivity index (χ3n) is 4.71. The number of anilines is 1. The fourth-order valence-corrected chi connectivity index (χ4v) is 4.10. The zero-order chi connectivity index (χ0) is 23.4. The normalized spacial score (nSPS) is 15.8. The quantitative estimate of drug-likeness (QED) is 0.580. The maximum Gasteiger partial charge on any atom is 0.294 e. The van der Waals surface area contributed by atoms with Gasteiger partial charge in [-0.2, -0.15) is 0 Å². The lowest BCUT2D eigenvalue weighted by molar-refractivity contribution is -0.127. The van der Waals surface area contributed by atoms with Crippen molar-refractivity contribution in [2.75, 3.05) is 31.9 Å². The lowest BCUT2D eigenvalue weighted by Crippen LogP contribution is -2.36. The zero-order valence-corrected chi connectivity index (χ0v) is 18.9. The molecule has 1 N–H and O–H groups in total. The van der Waals surface area contributed by atoms with Crippen LogP contribution in [0.15, 0.2) is 41.3 Å². The molecular weight excluding hydrogens is 448 g/mol. The van der Waals surface area contributed by atoms with E-state index in [1.54, 1.807) is 42.5 Å². The Kier molecular flexibility index (Phi) is 6.74. The minimum Gasteiger partial charge on any atom is -0.494 e.